The van der Waals surface area contributed by atoms with E-state index in [1.54, 1.807) is 6.07 Å². The molecule has 0 spiro atoms. The van der Waals surface area contributed by atoms with Crippen LogP contribution in [0.25, 0.3) is 11.3 Å². The number of hydrogen-bond donors (Lipinski definition) is 2. The molecule has 3 aromatic rings. The van der Waals surface area contributed by atoms with Gasteiger partial charge in [-0.2, -0.15) is 0 Å². The molecule has 0 aliphatic rings. The number of hydrogen-bond acceptors (Lipinski definition) is 3. The maximum absolute atomic E-state index is 13.3. The van der Waals surface area contributed by atoms with Gasteiger partial charge in [-0.3, -0.25) is 9.78 Å². The molecule has 1 heterocycles. The minimum atomic E-state index is -1.56. The van der Waals surface area contributed by atoms with Gasteiger partial charge in [-0.05, 0) is 13.0 Å². The second-order valence-corrected chi connectivity index (χ2v) is 5.23. The number of nitrogens with one attached hydrogen (secondary N) is 2. The zero-order chi connectivity index (χ0) is 17.3. The van der Waals surface area contributed by atoms with Crippen molar-refractivity contribution in [2.45, 2.75) is 6.92 Å². The van der Waals surface area contributed by atoms with Gasteiger partial charge in [-0.25, -0.2) is 18.2 Å². The summed E-state index contributed by atoms with van der Waals surface area (Å²) in [4.78, 5) is 18.4. The van der Waals surface area contributed by atoms with Gasteiger partial charge in [-0.1, -0.05) is 23.8 Å². The van der Waals surface area contributed by atoms with Gasteiger partial charge < -0.3 is 5.32 Å². The third-order valence-corrected chi connectivity index (χ3v) is 3.30. The molecule has 0 atom stereocenters. The Hall–Kier alpha value is -3.09. The van der Waals surface area contributed by atoms with E-state index in [1.807, 2.05) is 25.1 Å². The Morgan fingerprint density at radius 3 is 2.42 bits per heavy atom. The zero-order valence-electron chi connectivity index (χ0n) is 12.5. The van der Waals surface area contributed by atoms with E-state index in [-0.39, 0.29) is 11.6 Å². The van der Waals surface area contributed by atoms with E-state index < -0.39 is 23.0 Å². The molecule has 3 rings (SSSR count). The Morgan fingerprint density at radius 1 is 1.04 bits per heavy atom. The van der Waals surface area contributed by atoms with E-state index in [0.29, 0.717) is 5.69 Å². The Labute approximate surface area is 135 Å². The van der Waals surface area contributed by atoms with Crippen LogP contribution in [-0.4, -0.2) is 9.97 Å². The lowest BCUT2D eigenvalue weighted by molar-refractivity contribution is 0.448. The van der Waals surface area contributed by atoms with Crippen molar-refractivity contribution in [3.63, 3.8) is 0 Å². The highest BCUT2D eigenvalue weighted by molar-refractivity contribution is 5.62. The average Bonchev–Trinajstić information content (AvgIpc) is 2.52. The van der Waals surface area contributed by atoms with E-state index in [0.717, 1.165) is 23.3 Å². The van der Waals surface area contributed by atoms with Crippen molar-refractivity contribution in [2.75, 3.05) is 5.32 Å². The maximum atomic E-state index is 13.3. The van der Waals surface area contributed by atoms with Gasteiger partial charge in [0.05, 0.1) is 5.69 Å². The lowest BCUT2D eigenvalue weighted by Gasteiger charge is -2.08. The lowest BCUT2D eigenvalue weighted by atomic mass is 10.1. The molecule has 1 aromatic heterocycles. The van der Waals surface area contributed by atoms with Gasteiger partial charge in [0.2, 0.25) is 5.95 Å². The van der Waals surface area contributed by atoms with E-state index in [4.69, 9.17) is 0 Å². The highest BCUT2D eigenvalue weighted by atomic mass is 19.2. The molecule has 24 heavy (non-hydrogen) atoms. The van der Waals surface area contributed by atoms with Crippen LogP contribution < -0.4 is 10.9 Å². The summed E-state index contributed by atoms with van der Waals surface area (Å²) in [5.41, 5.74) is 1.60. The van der Waals surface area contributed by atoms with Crippen LogP contribution in [0.3, 0.4) is 0 Å². The number of aryl methyl sites for hydroxylation is 1. The second-order valence-electron chi connectivity index (χ2n) is 5.23. The maximum Gasteiger partial charge on any atom is 0.252 e. The fourth-order valence-electron chi connectivity index (χ4n) is 2.23. The molecule has 0 amide bonds. The van der Waals surface area contributed by atoms with Crippen LogP contribution in [0, 0.1) is 24.4 Å². The molecule has 0 aliphatic heterocycles. The van der Waals surface area contributed by atoms with Crippen LogP contribution in [0.1, 0.15) is 5.56 Å². The Morgan fingerprint density at radius 2 is 1.75 bits per heavy atom. The first-order valence-corrected chi connectivity index (χ1v) is 7.02. The number of aromatic amines is 1. The average molecular weight is 331 g/mol. The molecule has 0 radical (unpaired) electrons. The van der Waals surface area contributed by atoms with Crippen LogP contribution in [0.2, 0.25) is 0 Å². The van der Waals surface area contributed by atoms with Gasteiger partial charge in [0, 0.05) is 29.4 Å². The Kier molecular flexibility index (Phi) is 4.07. The largest absolute Gasteiger partial charge is 0.325 e. The quantitative estimate of drug-likeness (QED) is 0.716. The van der Waals surface area contributed by atoms with Crippen molar-refractivity contribution in [3.8, 4) is 11.3 Å². The van der Waals surface area contributed by atoms with Gasteiger partial charge in [0.15, 0.2) is 17.5 Å². The predicted molar refractivity (Wildman–Crippen MR) is 84.6 cm³/mol. The lowest BCUT2D eigenvalue weighted by Crippen LogP contribution is -2.11. The SMILES string of the molecule is Cc1cccc(-c2cc(=O)[nH]c(Nc3cc(F)c(F)c(F)c3)n2)c1. The highest BCUT2D eigenvalue weighted by Gasteiger charge is 2.12. The van der Waals surface area contributed by atoms with Crippen LogP contribution >= 0.6 is 0 Å². The van der Waals surface area contributed by atoms with E-state index in [1.165, 1.54) is 6.07 Å². The standard InChI is InChI=1S/C17H12F3N3O/c1-9-3-2-4-10(5-9)14-8-15(24)23-17(22-14)21-11-6-12(18)16(20)13(19)7-11/h2-8H,1H3,(H2,21,22,23,24). The third-order valence-electron chi connectivity index (χ3n) is 3.30. The van der Waals surface area contributed by atoms with Crippen LogP contribution in [-0.2, 0) is 0 Å². The topological polar surface area (TPSA) is 57.8 Å². The van der Waals surface area contributed by atoms with E-state index >= 15 is 0 Å². The molecule has 0 aliphatic carbocycles. The summed E-state index contributed by atoms with van der Waals surface area (Å²) in [6, 6.07) is 10.2. The number of halogens is 3. The Balaban J connectivity index is 1.99. The molecule has 7 heteroatoms. The minimum Gasteiger partial charge on any atom is -0.325 e. The van der Waals surface area contributed by atoms with Gasteiger partial charge >= 0.3 is 0 Å². The number of nitrogens with zero attached hydrogens (tertiary/aromatic N) is 1. The molecule has 0 bridgehead atoms. The summed E-state index contributed by atoms with van der Waals surface area (Å²) < 4.78 is 39.5. The van der Waals surface area contributed by atoms with Crippen molar-refractivity contribution in [1.29, 1.82) is 0 Å². The Bertz CT molecular complexity index is 946. The molecule has 4 nitrogen and oxygen atoms in total. The van der Waals surface area contributed by atoms with Crippen molar-refractivity contribution < 1.29 is 13.2 Å². The second kappa shape index (κ2) is 6.19. The van der Waals surface area contributed by atoms with Gasteiger partial charge in [0.1, 0.15) is 0 Å². The zero-order valence-corrected chi connectivity index (χ0v) is 12.5. The smallest absolute Gasteiger partial charge is 0.252 e. The molecule has 0 unspecified atom stereocenters. The van der Waals surface area contributed by atoms with Crippen LogP contribution in [0.15, 0.2) is 47.3 Å². The van der Waals surface area contributed by atoms with Gasteiger partial charge in [0.25, 0.3) is 5.56 Å². The predicted octanol–water partition coefficient (Wildman–Crippen LogP) is 3.91. The fraction of sp³-hybridized carbons (Fsp3) is 0.0588. The molecule has 122 valence electrons. The van der Waals surface area contributed by atoms with Crippen LogP contribution in [0.4, 0.5) is 24.8 Å². The van der Waals surface area contributed by atoms with E-state index in [2.05, 4.69) is 15.3 Å². The highest BCUT2D eigenvalue weighted by Crippen LogP contribution is 2.21. The summed E-state index contributed by atoms with van der Waals surface area (Å²) in [7, 11) is 0. The van der Waals surface area contributed by atoms with Crippen LogP contribution in [0.5, 0.6) is 0 Å². The molecule has 0 saturated heterocycles. The normalized spacial score (nSPS) is 10.7. The number of aromatic nitrogens is 2. The summed E-state index contributed by atoms with van der Waals surface area (Å²) in [6.45, 7) is 1.90. The minimum absolute atomic E-state index is 0.00980. The number of H-pyrrole nitrogens is 1. The summed E-state index contributed by atoms with van der Waals surface area (Å²) in [6.07, 6.45) is 0. The monoisotopic (exact) mass is 331 g/mol. The third kappa shape index (κ3) is 3.29. The fourth-order valence-corrected chi connectivity index (χ4v) is 2.23. The van der Waals surface area contributed by atoms with Gasteiger partial charge in [-0.15, -0.1) is 0 Å². The molecule has 2 aromatic carbocycles. The number of anilines is 2. The first-order chi connectivity index (χ1) is 11.4. The molecular formula is C17H12F3N3O. The first-order valence-electron chi connectivity index (χ1n) is 7.02. The van der Waals surface area contributed by atoms with Crippen molar-refractivity contribution in [2.24, 2.45) is 0 Å². The first kappa shape index (κ1) is 15.8. The number of rotatable bonds is 3. The molecule has 2 N–H and O–H groups in total. The van der Waals surface area contributed by atoms with Crippen molar-refractivity contribution in [1.82, 2.24) is 9.97 Å². The molecule has 0 fully saturated rings. The van der Waals surface area contributed by atoms with Crippen molar-refractivity contribution in [3.05, 3.63) is 75.8 Å². The molecular weight excluding hydrogens is 319 g/mol. The summed E-state index contributed by atoms with van der Waals surface area (Å²) >= 11 is 0. The molecule has 0 saturated carbocycles. The van der Waals surface area contributed by atoms with E-state index in [9.17, 15) is 18.0 Å². The summed E-state index contributed by atoms with van der Waals surface area (Å²) in [5, 5.41) is 2.57. The number of benzene rings is 2. The van der Waals surface area contributed by atoms with Crippen molar-refractivity contribution >= 4 is 11.6 Å². The summed E-state index contributed by atoms with van der Waals surface area (Å²) in [5.74, 6) is -4.25.